The average Bonchev–Trinajstić information content (AvgIpc) is 3.40. The van der Waals surface area contributed by atoms with E-state index < -0.39 is 7.92 Å². The van der Waals surface area contributed by atoms with Gasteiger partial charge in [0.15, 0.2) is 0 Å². The van der Waals surface area contributed by atoms with Gasteiger partial charge < -0.3 is 28.4 Å². The fourth-order valence-corrected chi connectivity index (χ4v) is 9.95. The quantitative estimate of drug-likeness (QED) is 0.0632. The number of ether oxygens (including phenoxy) is 6. The van der Waals surface area contributed by atoms with Gasteiger partial charge in [0, 0.05) is 24.4 Å². The minimum absolute atomic E-state index is 0.280. The van der Waals surface area contributed by atoms with Crippen molar-refractivity contribution < 1.29 is 28.4 Å². The van der Waals surface area contributed by atoms with Crippen molar-refractivity contribution in [1.82, 2.24) is 0 Å². The molecule has 0 saturated carbocycles. The van der Waals surface area contributed by atoms with Gasteiger partial charge in [-0.15, -0.1) is 0 Å². The highest BCUT2D eigenvalue weighted by Gasteiger charge is 2.17. The molecule has 0 bridgehead atoms. The van der Waals surface area contributed by atoms with E-state index in [1.54, 1.807) is 0 Å². The van der Waals surface area contributed by atoms with E-state index in [1.807, 2.05) is 115 Å². The average molecular weight is 913 g/mol. The van der Waals surface area contributed by atoms with Crippen LogP contribution in [0.4, 0.5) is 0 Å². The summed E-state index contributed by atoms with van der Waals surface area (Å²) in [5.41, 5.74) is 7.26. The summed E-state index contributed by atoms with van der Waals surface area (Å²) in [4.78, 5) is 0. The van der Waals surface area contributed by atoms with E-state index in [9.17, 15) is 0 Å². The summed E-state index contributed by atoms with van der Waals surface area (Å²) in [6.07, 6.45) is 0.789. The number of hydrogen-bond acceptors (Lipinski definition) is 6. The molecule has 0 radical (unpaired) electrons. The normalized spacial score (nSPS) is 10.9. The van der Waals surface area contributed by atoms with E-state index in [2.05, 4.69) is 121 Å². The monoisotopic (exact) mass is 912 g/mol. The molecule has 338 valence electrons. The highest BCUT2D eigenvalue weighted by Crippen LogP contribution is 2.40. The molecule has 68 heavy (non-hydrogen) atoms. The van der Waals surface area contributed by atoms with E-state index in [-0.39, 0.29) is 13.2 Å². The zero-order valence-corrected chi connectivity index (χ0v) is 38.8. The lowest BCUT2D eigenvalue weighted by atomic mass is 10.2. The first kappa shape index (κ1) is 45.4. The molecule has 0 amide bonds. The Morgan fingerprint density at radius 2 is 0.441 bits per heavy atom. The van der Waals surface area contributed by atoms with Crippen LogP contribution < -0.4 is 39.0 Å². The highest BCUT2D eigenvalue weighted by molar-refractivity contribution is 7.72. The van der Waals surface area contributed by atoms with Crippen molar-refractivity contribution in [3.63, 3.8) is 0 Å². The maximum Gasteiger partial charge on any atom is 0.123 e. The third kappa shape index (κ3) is 13.6. The molecular weight excluding hydrogens is 860 g/mol. The van der Waals surface area contributed by atoms with Crippen LogP contribution in [-0.4, -0.2) is 0 Å². The third-order valence-electron chi connectivity index (χ3n) is 11.1. The van der Waals surface area contributed by atoms with Gasteiger partial charge in [-0.2, -0.15) is 0 Å². The zero-order chi connectivity index (χ0) is 46.0. The molecule has 0 fully saturated rings. The van der Waals surface area contributed by atoms with Crippen LogP contribution in [0.2, 0.25) is 0 Å². The maximum absolute atomic E-state index is 6.72. The van der Waals surface area contributed by atoms with E-state index in [1.165, 1.54) is 10.6 Å². The van der Waals surface area contributed by atoms with Gasteiger partial charge >= 0.3 is 0 Å². The molecule has 0 heterocycles. The fourth-order valence-electron chi connectivity index (χ4n) is 7.68. The van der Waals surface area contributed by atoms with Crippen molar-refractivity contribution in [3.8, 4) is 34.5 Å². The Kier molecular flexibility index (Phi) is 15.7. The first-order valence-electron chi connectivity index (χ1n) is 22.9. The summed E-state index contributed by atoms with van der Waals surface area (Å²) in [5, 5.41) is 2.60. The lowest BCUT2D eigenvalue weighted by Crippen LogP contribution is -2.13. The molecule has 9 aromatic carbocycles. The molecule has 0 atom stereocenters. The van der Waals surface area contributed by atoms with Crippen molar-refractivity contribution in [2.75, 3.05) is 0 Å². The van der Waals surface area contributed by atoms with Gasteiger partial charge in [-0.25, -0.2) is 0 Å². The largest absolute Gasteiger partial charge is 0.489 e. The SMILES string of the molecule is c1ccc(COc2cc(COc3cc(CP(c4ccccc4)c4ccccc4)cc(OCc4cc(OCc5ccccc5)cc(OCc5ccccc5)c4)c3)cc(OCc3ccccc3)c2)cc1. The molecule has 0 saturated heterocycles. The third-order valence-corrected chi connectivity index (χ3v) is 13.6. The van der Waals surface area contributed by atoms with Crippen molar-refractivity contribution in [2.45, 2.75) is 45.8 Å². The van der Waals surface area contributed by atoms with Crippen LogP contribution in [0, 0.1) is 0 Å². The van der Waals surface area contributed by atoms with Gasteiger partial charge in [0.05, 0.1) is 0 Å². The molecule has 7 heteroatoms. The molecule has 9 rings (SSSR count). The van der Waals surface area contributed by atoms with Gasteiger partial charge in [0.1, 0.15) is 74.1 Å². The summed E-state index contributed by atoms with van der Waals surface area (Å²) in [5.74, 6) is 4.21. The number of rotatable bonds is 22. The predicted octanol–water partition coefficient (Wildman–Crippen LogP) is 13.8. The van der Waals surface area contributed by atoms with Crippen molar-refractivity contribution in [2.24, 2.45) is 0 Å². The second-order valence-electron chi connectivity index (χ2n) is 16.4. The molecule has 9 aromatic rings. The predicted molar refractivity (Wildman–Crippen MR) is 274 cm³/mol. The van der Waals surface area contributed by atoms with Crippen molar-refractivity contribution in [1.29, 1.82) is 0 Å². The molecule has 0 aliphatic heterocycles. The Balaban J connectivity index is 0.995. The number of hydrogen-bond donors (Lipinski definition) is 0. The molecule has 0 aliphatic carbocycles. The van der Waals surface area contributed by atoms with Crippen LogP contribution >= 0.6 is 7.92 Å². The van der Waals surface area contributed by atoms with E-state index in [4.69, 9.17) is 28.4 Å². The zero-order valence-electron chi connectivity index (χ0n) is 37.9. The first-order valence-corrected chi connectivity index (χ1v) is 24.4. The van der Waals surface area contributed by atoms with Gasteiger partial charge in [-0.05, 0) is 93.9 Å². The van der Waals surface area contributed by atoms with Crippen LogP contribution in [0.25, 0.3) is 0 Å². The standard InChI is InChI=1S/C61H53O6P/c1-7-19-47(20-8-1)40-62-54-31-51(32-55(37-54)63-41-48-21-9-2-10-22-48)44-66-58-35-53(46-68(60-27-15-5-16-28-60)61-29-17-6-18-30-61)36-59(39-58)67-45-52-33-56(64-42-49-23-11-3-12-24-49)38-57(34-52)65-43-50-25-13-4-14-26-50/h1-39H,40-46H2. The second kappa shape index (κ2) is 23.6. The maximum atomic E-state index is 6.72. The van der Waals surface area contributed by atoms with E-state index in [0.717, 1.165) is 45.1 Å². The van der Waals surface area contributed by atoms with Gasteiger partial charge in [-0.1, -0.05) is 182 Å². The Morgan fingerprint density at radius 3 is 0.706 bits per heavy atom. The van der Waals surface area contributed by atoms with Crippen LogP contribution in [0.5, 0.6) is 34.5 Å². The van der Waals surface area contributed by atoms with Crippen molar-refractivity contribution in [3.05, 3.63) is 276 Å². The molecule has 0 spiro atoms. The Hall–Kier alpha value is -7.79. The summed E-state index contributed by atoms with van der Waals surface area (Å²) in [6.45, 7) is 2.28. The van der Waals surface area contributed by atoms with Crippen LogP contribution in [-0.2, 0) is 45.8 Å². The van der Waals surface area contributed by atoms with Crippen LogP contribution in [0.3, 0.4) is 0 Å². The highest BCUT2D eigenvalue weighted by atomic mass is 31.1. The Labute approximate surface area is 401 Å². The summed E-state index contributed by atoms with van der Waals surface area (Å²) in [6, 6.07) is 80.4. The smallest absolute Gasteiger partial charge is 0.123 e. The van der Waals surface area contributed by atoms with Gasteiger partial charge in [0.2, 0.25) is 0 Å². The lowest BCUT2D eigenvalue weighted by molar-refractivity contribution is 0.276. The molecule has 0 aliphatic rings. The van der Waals surface area contributed by atoms with Gasteiger partial charge in [0.25, 0.3) is 0 Å². The van der Waals surface area contributed by atoms with E-state index in [0.29, 0.717) is 60.9 Å². The fraction of sp³-hybridized carbons (Fsp3) is 0.115. The minimum atomic E-state index is -0.747. The Bertz CT molecular complexity index is 2600. The summed E-state index contributed by atoms with van der Waals surface area (Å²) in [7, 11) is -0.747. The number of benzene rings is 9. The van der Waals surface area contributed by atoms with Crippen LogP contribution in [0.15, 0.2) is 237 Å². The molecular formula is C61H53O6P. The summed E-state index contributed by atoms with van der Waals surface area (Å²) < 4.78 is 38.8. The molecule has 6 nitrogen and oxygen atoms in total. The molecule has 0 unspecified atom stereocenters. The summed E-state index contributed by atoms with van der Waals surface area (Å²) >= 11 is 0. The second-order valence-corrected chi connectivity index (χ2v) is 18.6. The molecule has 0 N–H and O–H groups in total. The Morgan fingerprint density at radius 1 is 0.221 bits per heavy atom. The molecule has 0 aromatic heterocycles. The minimum Gasteiger partial charge on any atom is -0.489 e. The lowest BCUT2D eigenvalue weighted by Gasteiger charge is -2.20. The van der Waals surface area contributed by atoms with Gasteiger partial charge in [-0.3, -0.25) is 0 Å². The topological polar surface area (TPSA) is 55.4 Å². The van der Waals surface area contributed by atoms with Crippen molar-refractivity contribution >= 4 is 18.5 Å². The van der Waals surface area contributed by atoms with Crippen LogP contribution in [0.1, 0.15) is 38.9 Å². The van der Waals surface area contributed by atoms with E-state index >= 15 is 0 Å². The first-order chi connectivity index (χ1) is 33.6.